The lowest BCUT2D eigenvalue weighted by Gasteiger charge is -2.45. The van der Waals surface area contributed by atoms with Crippen LogP contribution in [0.4, 0.5) is 0 Å². The molecule has 4 nitrogen and oxygen atoms in total. The molecule has 0 bridgehead atoms. The second-order valence-electron chi connectivity index (χ2n) is 8.60. The van der Waals surface area contributed by atoms with Gasteiger partial charge in [-0.15, -0.1) is 0 Å². The van der Waals surface area contributed by atoms with Gasteiger partial charge in [0.05, 0.1) is 11.1 Å². The van der Waals surface area contributed by atoms with Crippen LogP contribution in [-0.4, -0.2) is 16.6 Å². The van der Waals surface area contributed by atoms with Crippen LogP contribution in [0, 0.1) is 0 Å². The van der Waals surface area contributed by atoms with E-state index in [-0.39, 0.29) is 22.6 Å². The number of fused-ring (bicyclic) bond motifs is 1. The fourth-order valence-electron chi connectivity index (χ4n) is 5.10. The van der Waals surface area contributed by atoms with Gasteiger partial charge in [0.15, 0.2) is 0 Å². The lowest BCUT2D eigenvalue weighted by atomic mass is 9.63. The smallest absolute Gasteiger partial charge is 0.255 e. The van der Waals surface area contributed by atoms with Crippen LogP contribution in [0.2, 0.25) is 5.02 Å². The lowest BCUT2D eigenvalue weighted by Crippen LogP contribution is -2.51. The van der Waals surface area contributed by atoms with Gasteiger partial charge >= 0.3 is 0 Å². The maximum atomic E-state index is 12.0. The van der Waals surface area contributed by atoms with Crippen molar-refractivity contribution in [1.82, 2.24) is 4.98 Å². The Morgan fingerprint density at radius 3 is 2.45 bits per heavy atom. The second kappa shape index (κ2) is 6.89. The number of nitrogens with one attached hydrogen (secondary N) is 1. The molecule has 0 amide bonds. The minimum Gasteiger partial charge on any atom is -0.489 e. The minimum atomic E-state index is -0.140. The summed E-state index contributed by atoms with van der Waals surface area (Å²) in [5, 5.41) is 1.89. The number of rotatable bonds is 4. The first-order valence-electron chi connectivity index (χ1n) is 10.3. The summed E-state index contributed by atoms with van der Waals surface area (Å²) in [5.41, 5.74) is 7.97. The Balaban J connectivity index is 1.38. The van der Waals surface area contributed by atoms with E-state index in [1.165, 1.54) is 5.56 Å². The van der Waals surface area contributed by atoms with Crippen molar-refractivity contribution in [2.24, 2.45) is 5.73 Å². The number of pyridine rings is 1. The van der Waals surface area contributed by atoms with E-state index in [9.17, 15) is 4.79 Å². The molecule has 5 rings (SSSR count). The third-order valence-corrected chi connectivity index (χ3v) is 7.27. The van der Waals surface area contributed by atoms with Gasteiger partial charge in [0, 0.05) is 22.5 Å². The van der Waals surface area contributed by atoms with E-state index in [4.69, 9.17) is 22.1 Å². The van der Waals surface area contributed by atoms with Crippen LogP contribution in [0.1, 0.15) is 44.1 Å². The highest BCUT2D eigenvalue weighted by Gasteiger charge is 2.58. The molecule has 1 aromatic heterocycles. The van der Waals surface area contributed by atoms with Gasteiger partial charge in [-0.1, -0.05) is 41.9 Å². The van der Waals surface area contributed by atoms with Crippen LogP contribution >= 0.6 is 11.6 Å². The monoisotopic (exact) mass is 408 g/mol. The van der Waals surface area contributed by atoms with Crippen molar-refractivity contribution < 1.29 is 4.74 Å². The van der Waals surface area contributed by atoms with E-state index in [2.05, 4.69) is 35.3 Å². The van der Waals surface area contributed by atoms with Gasteiger partial charge in [0.25, 0.3) is 5.56 Å². The summed E-state index contributed by atoms with van der Waals surface area (Å²) in [4.78, 5) is 14.7. The zero-order valence-corrected chi connectivity index (χ0v) is 17.0. The molecule has 2 fully saturated rings. The molecule has 2 saturated carbocycles. The summed E-state index contributed by atoms with van der Waals surface area (Å²) in [7, 11) is 0. The minimum absolute atomic E-state index is 0.0363. The van der Waals surface area contributed by atoms with Crippen LogP contribution < -0.4 is 16.0 Å². The molecule has 0 unspecified atom stereocenters. The van der Waals surface area contributed by atoms with Crippen LogP contribution in [0.25, 0.3) is 10.8 Å². The molecule has 29 heavy (non-hydrogen) atoms. The van der Waals surface area contributed by atoms with Crippen molar-refractivity contribution in [3.05, 3.63) is 75.7 Å². The summed E-state index contributed by atoms with van der Waals surface area (Å²) >= 11 is 6.43. The fraction of sp³-hybridized carbons (Fsp3) is 0.375. The molecule has 0 spiro atoms. The molecule has 0 radical (unpaired) electrons. The van der Waals surface area contributed by atoms with Gasteiger partial charge in [-0.2, -0.15) is 0 Å². The predicted molar refractivity (Wildman–Crippen MR) is 117 cm³/mol. The molecular formula is C24H25ClN2O2. The standard InChI is InChI=1S/C24H25ClN2O2/c25-20-15-19-16(8-13-27-22(19)28)14-21(20)29-18-6-9-23(10-7-18,24(26)11-12-24)17-4-2-1-3-5-17/h1-5,8,13-15,18H,6-7,9-12,26H2,(H,27,28). The number of aromatic amines is 1. The average Bonchev–Trinajstić information content (AvgIpc) is 3.50. The first-order valence-corrected chi connectivity index (χ1v) is 10.7. The van der Waals surface area contributed by atoms with E-state index >= 15 is 0 Å². The van der Waals surface area contributed by atoms with Crippen LogP contribution in [0.15, 0.2) is 59.5 Å². The summed E-state index contributed by atoms with van der Waals surface area (Å²) in [6.07, 6.45) is 7.86. The average molecular weight is 409 g/mol. The van der Waals surface area contributed by atoms with Gasteiger partial charge in [-0.25, -0.2) is 0 Å². The first-order chi connectivity index (χ1) is 14.0. The van der Waals surface area contributed by atoms with E-state index in [1.54, 1.807) is 12.3 Å². The predicted octanol–water partition coefficient (Wildman–Crippen LogP) is 4.93. The van der Waals surface area contributed by atoms with Gasteiger partial charge in [-0.3, -0.25) is 4.79 Å². The third-order valence-electron chi connectivity index (χ3n) is 6.97. The Morgan fingerprint density at radius 2 is 1.76 bits per heavy atom. The molecule has 0 atom stereocenters. The number of hydrogen-bond acceptors (Lipinski definition) is 3. The van der Waals surface area contributed by atoms with Gasteiger partial charge in [0.1, 0.15) is 5.75 Å². The number of H-pyrrole nitrogens is 1. The van der Waals surface area contributed by atoms with Gasteiger partial charge in [0.2, 0.25) is 0 Å². The zero-order valence-electron chi connectivity index (χ0n) is 16.3. The van der Waals surface area contributed by atoms with Crippen LogP contribution in [0.5, 0.6) is 5.75 Å². The molecule has 1 heterocycles. The molecular weight excluding hydrogens is 384 g/mol. The Kier molecular flexibility index (Phi) is 4.45. The SMILES string of the molecule is NC1(C2(c3ccccc3)CCC(Oc3cc4cc[nH]c(=O)c4cc3Cl)CC2)CC1. The number of nitrogens with two attached hydrogens (primary N) is 1. The number of benzene rings is 2. The highest BCUT2D eigenvalue weighted by Crippen LogP contribution is 2.56. The maximum Gasteiger partial charge on any atom is 0.255 e. The summed E-state index contributed by atoms with van der Waals surface area (Å²) in [6.45, 7) is 0. The van der Waals surface area contributed by atoms with Crippen molar-refractivity contribution in [2.75, 3.05) is 0 Å². The van der Waals surface area contributed by atoms with Gasteiger partial charge < -0.3 is 15.5 Å². The number of ether oxygens (including phenoxy) is 1. The molecule has 2 aliphatic rings. The first kappa shape index (κ1) is 18.7. The molecule has 0 saturated heterocycles. The number of aromatic nitrogens is 1. The van der Waals surface area contributed by atoms with E-state index in [1.807, 2.05) is 12.1 Å². The topological polar surface area (TPSA) is 68.1 Å². The molecule has 0 aliphatic heterocycles. The molecule has 3 N–H and O–H groups in total. The second-order valence-corrected chi connectivity index (χ2v) is 9.01. The van der Waals surface area contributed by atoms with Crippen molar-refractivity contribution >= 4 is 22.4 Å². The summed E-state index contributed by atoms with van der Waals surface area (Å²) in [5.74, 6) is 0.649. The number of hydrogen-bond donors (Lipinski definition) is 2. The molecule has 150 valence electrons. The van der Waals surface area contributed by atoms with Crippen molar-refractivity contribution in [3.8, 4) is 5.75 Å². The Morgan fingerprint density at radius 1 is 1.03 bits per heavy atom. The summed E-state index contributed by atoms with van der Waals surface area (Å²) < 4.78 is 6.31. The summed E-state index contributed by atoms with van der Waals surface area (Å²) in [6, 6.07) is 16.2. The normalized spacial score (nSPS) is 25.7. The zero-order chi connectivity index (χ0) is 20.1. The molecule has 2 aromatic carbocycles. The Labute approximate surface area is 175 Å². The van der Waals surface area contributed by atoms with E-state index in [0.717, 1.165) is 43.9 Å². The fourth-order valence-corrected chi connectivity index (χ4v) is 5.31. The third kappa shape index (κ3) is 3.15. The lowest BCUT2D eigenvalue weighted by molar-refractivity contribution is 0.0999. The highest BCUT2D eigenvalue weighted by atomic mass is 35.5. The van der Waals surface area contributed by atoms with Crippen molar-refractivity contribution in [2.45, 2.75) is 55.6 Å². The largest absolute Gasteiger partial charge is 0.489 e. The highest BCUT2D eigenvalue weighted by molar-refractivity contribution is 6.32. The molecule has 5 heteroatoms. The van der Waals surface area contributed by atoms with E-state index in [0.29, 0.717) is 16.2 Å². The molecule has 3 aromatic rings. The Hall–Kier alpha value is -2.30. The van der Waals surface area contributed by atoms with Crippen molar-refractivity contribution in [1.29, 1.82) is 0 Å². The quantitative estimate of drug-likeness (QED) is 0.643. The van der Waals surface area contributed by atoms with Crippen molar-refractivity contribution in [3.63, 3.8) is 0 Å². The van der Waals surface area contributed by atoms with Crippen LogP contribution in [-0.2, 0) is 5.41 Å². The maximum absolute atomic E-state index is 12.0. The number of halogens is 1. The Bertz CT molecular complexity index is 1100. The van der Waals surface area contributed by atoms with Crippen LogP contribution in [0.3, 0.4) is 0 Å². The van der Waals surface area contributed by atoms with E-state index < -0.39 is 0 Å². The molecule has 2 aliphatic carbocycles. The van der Waals surface area contributed by atoms with Gasteiger partial charge in [-0.05, 0) is 67.7 Å².